The van der Waals surface area contributed by atoms with Gasteiger partial charge in [0.1, 0.15) is 0 Å². The number of thiazole rings is 1. The van der Waals surface area contributed by atoms with Crippen LogP contribution in [0, 0.1) is 0 Å². The third-order valence-electron chi connectivity index (χ3n) is 3.32. The molecule has 3 heterocycles. The Labute approximate surface area is 105 Å². The highest BCUT2D eigenvalue weighted by Crippen LogP contribution is 2.25. The predicted molar refractivity (Wildman–Crippen MR) is 68.3 cm³/mol. The maximum Gasteiger partial charge on any atom is 0.0951 e. The number of imidazole rings is 1. The van der Waals surface area contributed by atoms with Crippen molar-refractivity contribution in [2.24, 2.45) is 0 Å². The molecule has 0 radical (unpaired) electrons. The third-order valence-corrected chi connectivity index (χ3v) is 3.95. The molecular formula is C12H16N4S. The summed E-state index contributed by atoms with van der Waals surface area (Å²) in [6, 6.07) is 0. The van der Waals surface area contributed by atoms with Crippen LogP contribution in [0.2, 0.25) is 0 Å². The first-order valence-corrected chi connectivity index (χ1v) is 6.95. The molecule has 0 unspecified atom stereocenters. The summed E-state index contributed by atoms with van der Waals surface area (Å²) in [5.74, 6) is 0.650. The summed E-state index contributed by atoms with van der Waals surface area (Å²) in [7, 11) is 0. The second kappa shape index (κ2) is 4.98. The summed E-state index contributed by atoms with van der Waals surface area (Å²) in [4.78, 5) is 8.63. The minimum atomic E-state index is 0.650. The Morgan fingerprint density at radius 1 is 1.41 bits per heavy atom. The zero-order valence-electron chi connectivity index (χ0n) is 9.67. The summed E-state index contributed by atoms with van der Waals surface area (Å²) in [5, 5.41) is 5.50. The molecule has 0 aliphatic carbocycles. The second-order valence-corrected chi connectivity index (χ2v) is 5.17. The molecule has 0 aromatic carbocycles. The molecule has 0 amide bonds. The average Bonchev–Trinajstić information content (AvgIpc) is 3.02. The van der Waals surface area contributed by atoms with E-state index in [-0.39, 0.29) is 0 Å². The number of nitrogens with one attached hydrogen (secondary N) is 1. The van der Waals surface area contributed by atoms with Gasteiger partial charge in [0.05, 0.1) is 24.1 Å². The third kappa shape index (κ3) is 2.40. The van der Waals surface area contributed by atoms with E-state index in [0.29, 0.717) is 5.92 Å². The Bertz CT molecular complexity index is 457. The lowest BCUT2D eigenvalue weighted by molar-refractivity contribution is 0.442. The molecule has 4 nitrogen and oxygen atoms in total. The zero-order chi connectivity index (χ0) is 11.5. The minimum Gasteiger partial charge on any atom is -0.328 e. The van der Waals surface area contributed by atoms with E-state index in [1.54, 1.807) is 11.3 Å². The van der Waals surface area contributed by atoms with Crippen molar-refractivity contribution in [2.45, 2.75) is 25.3 Å². The lowest BCUT2D eigenvalue weighted by atomic mass is 9.95. The van der Waals surface area contributed by atoms with Crippen LogP contribution in [0.25, 0.3) is 0 Å². The number of hydrogen-bond acceptors (Lipinski definition) is 4. The van der Waals surface area contributed by atoms with Crippen molar-refractivity contribution in [3.05, 3.63) is 34.8 Å². The molecule has 3 rings (SSSR count). The molecule has 1 aliphatic rings. The van der Waals surface area contributed by atoms with Gasteiger partial charge in [-0.15, -0.1) is 11.3 Å². The molecule has 1 aliphatic heterocycles. The van der Waals surface area contributed by atoms with Gasteiger partial charge in [0.25, 0.3) is 0 Å². The fraction of sp³-hybridized carbons (Fsp3) is 0.500. The minimum absolute atomic E-state index is 0.650. The van der Waals surface area contributed by atoms with E-state index in [0.717, 1.165) is 25.3 Å². The van der Waals surface area contributed by atoms with Gasteiger partial charge in [0.15, 0.2) is 0 Å². The van der Waals surface area contributed by atoms with Crippen LogP contribution < -0.4 is 5.32 Å². The zero-order valence-corrected chi connectivity index (χ0v) is 10.5. The van der Waals surface area contributed by atoms with Gasteiger partial charge < -0.3 is 9.88 Å². The van der Waals surface area contributed by atoms with Crippen LogP contribution in [-0.4, -0.2) is 27.6 Å². The molecule has 2 aromatic rings. The van der Waals surface area contributed by atoms with Gasteiger partial charge in [-0.2, -0.15) is 0 Å². The van der Waals surface area contributed by atoms with Crippen LogP contribution in [0.3, 0.4) is 0 Å². The maximum atomic E-state index is 4.33. The lowest BCUT2D eigenvalue weighted by Gasteiger charge is -2.23. The first kappa shape index (κ1) is 10.9. The van der Waals surface area contributed by atoms with Crippen molar-refractivity contribution in [3.63, 3.8) is 0 Å². The molecule has 2 aromatic heterocycles. The predicted octanol–water partition coefficient (Wildman–Crippen LogP) is 1.85. The summed E-state index contributed by atoms with van der Waals surface area (Å²) in [6.07, 6.45) is 6.37. The van der Waals surface area contributed by atoms with E-state index in [2.05, 4.69) is 25.2 Å². The molecule has 0 saturated carbocycles. The summed E-state index contributed by atoms with van der Waals surface area (Å²) in [5.41, 5.74) is 4.37. The summed E-state index contributed by atoms with van der Waals surface area (Å²) in [6.45, 7) is 3.09. The van der Waals surface area contributed by atoms with Crippen LogP contribution in [-0.2, 0) is 6.54 Å². The van der Waals surface area contributed by atoms with Gasteiger partial charge in [0.2, 0.25) is 0 Å². The molecule has 1 fully saturated rings. The highest BCUT2D eigenvalue weighted by atomic mass is 32.1. The molecule has 90 valence electrons. The first-order valence-electron chi connectivity index (χ1n) is 6.01. The second-order valence-electron chi connectivity index (χ2n) is 4.45. The number of rotatable bonds is 3. The van der Waals surface area contributed by atoms with E-state index in [9.17, 15) is 0 Å². The molecule has 1 saturated heterocycles. The van der Waals surface area contributed by atoms with Crippen molar-refractivity contribution in [3.8, 4) is 0 Å². The number of hydrogen-bond donors (Lipinski definition) is 1. The van der Waals surface area contributed by atoms with Crippen LogP contribution in [0.5, 0.6) is 0 Å². The standard InChI is InChI=1S/C12H16N4S/c1-3-13-4-2-10(1)12-5-14-8-16(12)6-11-7-17-9-15-11/h5,7-10,13H,1-4,6H2. The Balaban J connectivity index is 1.78. The highest BCUT2D eigenvalue weighted by Gasteiger charge is 2.18. The summed E-state index contributed by atoms with van der Waals surface area (Å²) >= 11 is 1.65. The fourth-order valence-electron chi connectivity index (χ4n) is 2.41. The van der Waals surface area contributed by atoms with Gasteiger partial charge in [-0.1, -0.05) is 0 Å². The van der Waals surface area contributed by atoms with Crippen molar-refractivity contribution < 1.29 is 0 Å². The highest BCUT2D eigenvalue weighted by molar-refractivity contribution is 7.07. The lowest BCUT2D eigenvalue weighted by Crippen LogP contribution is -2.27. The molecular weight excluding hydrogens is 232 g/mol. The smallest absolute Gasteiger partial charge is 0.0951 e. The average molecular weight is 248 g/mol. The quantitative estimate of drug-likeness (QED) is 0.901. The molecule has 5 heteroatoms. The SMILES string of the molecule is c1nc(Cn2cncc2C2CCNCC2)cs1. The van der Waals surface area contributed by atoms with Crippen molar-refractivity contribution in [1.29, 1.82) is 0 Å². The van der Waals surface area contributed by atoms with E-state index in [1.807, 2.05) is 18.0 Å². The Morgan fingerprint density at radius 2 is 2.29 bits per heavy atom. The van der Waals surface area contributed by atoms with Crippen LogP contribution >= 0.6 is 11.3 Å². The topological polar surface area (TPSA) is 42.7 Å². The van der Waals surface area contributed by atoms with Crippen LogP contribution in [0.15, 0.2) is 23.4 Å². The van der Waals surface area contributed by atoms with Gasteiger partial charge in [-0.05, 0) is 25.9 Å². The van der Waals surface area contributed by atoms with Gasteiger partial charge in [-0.3, -0.25) is 0 Å². The van der Waals surface area contributed by atoms with E-state index >= 15 is 0 Å². The van der Waals surface area contributed by atoms with Crippen LogP contribution in [0.4, 0.5) is 0 Å². The van der Waals surface area contributed by atoms with Crippen molar-refractivity contribution in [1.82, 2.24) is 19.9 Å². The van der Waals surface area contributed by atoms with Crippen molar-refractivity contribution >= 4 is 11.3 Å². The van der Waals surface area contributed by atoms with Crippen molar-refractivity contribution in [2.75, 3.05) is 13.1 Å². The first-order chi connectivity index (χ1) is 8.43. The van der Waals surface area contributed by atoms with Gasteiger partial charge in [-0.25, -0.2) is 9.97 Å². The molecule has 0 spiro atoms. The molecule has 17 heavy (non-hydrogen) atoms. The Kier molecular flexibility index (Phi) is 3.20. The number of aromatic nitrogens is 3. The van der Waals surface area contributed by atoms with Crippen LogP contribution in [0.1, 0.15) is 30.1 Å². The van der Waals surface area contributed by atoms with Gasteiger partial charge in [0, 0.05) is 23.2 Å². The molecule has 0 bridgehead atoms. The normalized spacial score (nSPS) is 17.4. The fourth-order valence-corrected chi connectivity index (χ4v) is 2.96. The Hall–Kier alpha value is -1.20. The van der Waals surface area contributed by atoms with E-state index in [4.69, 9.17) is 0 Å². The Morgan fingerprint density at radius 3 is 3.06 bits per heavy atom. The largest absolute Gasteiger partial charge is 0.328 e. The molecule has 0 atom stereocenters. The monoisotopic (exact) mass is 248 g/mol. The van der Waals surface area contributed by atoms with E-state index < -0.39 is 0 Å². The molecule has 1 N–H and O–H groups in total. The maximum absolute atomic E-state index is 4.33. The number of piperidine rings is 1. The number of nitrogens with zero attached hydrogens (tertiary/aromatic N) is 3. The summed E-state index contributed by atoms with van der Waals surface area (Å²) < 4.78 is 2.24. The van der Waals surface area contributed by atoms with E-state index in [1.165, 1.54) is 18.5 Å². The van der Waals surface area contributed by atoms with Gasteiger partial charge >= 0.3 is 0 Å².